The van der Waals surface area contributed by atoms with E-state index in [4.69, 9.17) is 4.98 Å². The van der Waals surface area contributed by atoms with Crippen LogP contribution in [0.15, 0.2) is 18.2 Å². The van der Waals surface area contributed by atoms with Gasteiger partial charge in [-0.3, -0.25) is 4.72 Å². The summed E-state index contributed by atoms with van der Waals surface area (Å²) in [5.41, 5.74) is 1.85. The maximum atomic E-state index is 13.5. The van der Waals surface area contributed by atoms with Crippen LogP contribution in [0.2, 0.25) is 0 Å². The second-order valence-corrected chi connectivity index (χ2v) is 10.4. The van der Waals surface area contributed by atoms with Gasteiger partial charge < -0.3 is 4.57 Å². The second-order valence-electron chi connectivity index (χ2n) is 8.67. The summed E-state index contributed by atoms with van der Waals surface area (Å²) in [4.78, 5) is 4.75. The highest BCUT2D eigenvalue weighted by Gasteiger charge is 2.35. The number of aromatic nitrogens is 2. The van der Waals surface area contributed by atoms with Crippen molar-refractivity contribution in [1.29, 1.82) is 0 Å². The molecule has 1 aromatic heterocycles. The first kappa shape index (κ1) is 20.0. The number of imidazole rings is 1. The zero-order valence-electron chi connectivity index (χ0n) is 16.2. The number of anilines is 1. The Labute approximate surface area is 159 Å². The normalized spacial score (nSPS) is 18.7. The minimum Gasteiger partial charge on any atom is -0.327 e. The molecule has 0 aliphatic heterocycles. The molecule has 0 saturated heterocycles. The highest BCUT2D eigenvalue weighted by molar-refractivity contribution is 7.92. The smallest absolute Gasteiger partial charge is 0.248 e. The second kappa shape index (κ2) is 6.72. The quantitative estimate of drug-likeness (QED) is 0.821. The van der Waals surface area contributed by atoms with E-state index in [2.05, 4.69) is 30.1 Å². The van der Waals surface area contributed by atoms with E-state index in [9.17, 15) is 17.2 Å². The van der Waals surface area contributed by atoms with E-state index < -0.39 is 15.9 Å². The van der Waals surface area contributed by atoms with Gasteiger partial charge in [0, 0.05) is 24.8 Å². The van der Waals surface area contributed by atoms with Gasteiger partial charge in [-0.2, -0.15) is 0 Å². The van der Waals surface area contributed by atoms with Gasteiger partial charge in [0.25, 0.3) is 0 Å². The van der Waals surface area contributed by atoms with Crippen LogP contribution < -0.4 is 4.72 Å². The Hall–Kier alpha value is -1.70. The van der Waals surface area contributed by atoms with Gasteiger partial charge in [-0.25, -0.2) is 22.2 Å². The number of sulfonamides is 1. The SMILES string of the molecule is CC(C)(C)c1nc2cc(NS(C)(=O)=O)ccc2n1CC1CCC(F)(F)CC1. The van der Waals surface area contributed by atoms with E-state index in [0.29, 0.717) is 30.6 Å². The molecule has 0 amide bonds. The van der Waals surface area contributed by atoms with Crippen molar-refractivity contribution < 1.29 is 17.2 Å². The Morgan fingerprint density at radius 3 is 2.44 bits per heavy atom. The van der Waals surface area contributed by atoms with Gasteiger partial charge in [-0.15, -0.1) is 0 Å². The molecule has 1 aliphatic rings. The van der Waals surface area contributed by atoms with Crippen molar-refractivity contribution in [1.82, 2.24) is 9.55 Å². The van der Waals surface area contributed by atoms with Crippen LogP contribution in [0.1, 0.15) is 52.3 Å². The van der Waals surface area contributed by atoms with Crippen LogP contribution in [-0.4, -0.2) is 30.1 Å². The van der Waals surface area contributed by atoms with Crippen molar-refractivity contribution in [2.75, 3.05) is 11.0 Å². The van der Waals surface area contributed by atoms with Gasteiger partial charge in [0.15, 0.2) is 0 Å². The van der Waals surface area contributed by atoms with Crippen molar-refractivity contribution >= 4 is 26.7 Å². The molecular weight excluding hydrogens is 372 g/mol. The molecule has 1 heterocycles. The molecule has 1 aliphatic carbocycles. The molecule has 27 heavy (non-hydrogen) atoms. The molecule has 1 saturated carbocycles. The van der Waals surface area contributed by atoms with Crippen LogP contribution in [0.25, 0.3) is 11.0 Å². The molecular formula is C19H27F2N3O2S. The first-order chi connectivity index (χ1) is 12.3. The van der Waals surface area contributed by atoms with Gasteiger partial charge in [0.05, 0.1) is 23.0 Å². The van der Waals surface area contributed by atoms with Crippen molar-refractivity contribution in [2.45, 2.75) is 64.3 Å². The summed E-state index contributed by atoms with van der Waals surface area (Å²) < 4.78 is 54.5. The number of nitrogens with zero attached hydrogens (tertiary/aromatic N) is 2. The van der Waals surface area contributed by atoms with E-state index >= 15 is 0 Å². The van der Waals surface area contributed by atoms with E-state index in [1.165, 1.54) is 0 Å². The summed E-state index contributed by atoms with van der Waals surface area (Å²) in [6, 6.07) is 5.28. The Morgan fingerprint density at radius 2 is 1.89 bits per heavy atom. The Balaban J connectivity index is 1.97. The number of hydrogen-bond donors (Lipinski definition) is 1. The third-order valence-corrected chi connectivity index (χ3v) is 5.61. The van der Waals surface area contributed by atoms with E-state index in [0.717, 1.165) is 17.6 Å². The summed E-state index contributed by atoms with van der Waals surface area (Å²) in [5, 5.41) is 0. The highest BCUT2D eigenvalue weighted by Crippen LogP contribution is 2.38. The van der Waals surface area contributed by atoms with Crippen LogP contribution in [0.4, 0.5) is 14.5 Å². The summed E-state index contributed by atoms with van der Waals surface area (Å²) in [7, 11) is -3.37. The molecule has 0 bridgehead atoms. The number of benzene rings is 1. The molecule has 1 aromatic carbocycles. The molecule has 0 atom stereocenters. The lowest BCUT2D eigenvalue weighted by atomic mass is 9.86. The standard InChI is InChI=1S/C19H27F2N3O2S/c1-18(2,3)17-22-15-11-14(23-27(4,25)26)5-6-16(15)24(17)12-13-7-9-19(20,21)10-8-13/h5-6,11,13,23H,7-10,12H2,1-4H3. The predicted octanol–water partition coefficient (Wildman–Crippen LogP) is 4.53. The van der Waals surface area contributed by atoms with Gasteiger partial charge in [-0.05, 0) is 37.0 Å². The van der Waals surface area contributed by atoms with E-state index in [-0.39, 0.29) is 24.2 Å². The number of alkyl halides is 2. The monoisotopic (exact) mass is 399 g/mol. The number of hydrogen-bond acceptors (Lipinski definition) is 3. The largest absolute Gasteiger partial charge is 0.327 e. The van der Waals surface area contributed by atoms with Crippen molar-refractivity contribution in [3.8, 4) is 0 Å². The van der Waals surface area contributed by atoms with Gasteiger partial charge in [-0.1, -0.05) is 20.8 Å². The fourth-order valence-corrected chi connectivity index (χ4v) is 4.26. The Bertz CT molecular complexity index is 936. The highest BCUT2D eigenvalue weighted by atomic mass is 32.2. The lowest BCUT2D eigenvalue weighted by Gasteiger charge is -2.30. The lowest BCUT2D eigenvalue weighted by molar-refractivity contribution is -0.0473. The van der Waals surface area contributed by atoms with Crippen LogP contribution in [-0.2, 0) is 22.0 Å². The van der Waals surface area contributed by atoms with Gasteiger partial charge >= 0.3 is 0 Å². The van der Waals surface area contributed by atoms with Crippen LogP contribution >= 0.6 is 0 Å². The molecule has 3 rings (SSSR count). The minimum atomic E-state index is -3.37. The average Bonchev–Trinajstić information content (AvgIpc) is 2.86. The fourth-order valence-electron chi connectivity index (χ4n) is 3.71. The number of nitrogens with one attached hydrogen (secondary N) is 1. The molecule has 1 N–H and O–H groups in total. The van der Waals surface area contributed by atoms with Crippen LogP contribution in [0.3, 0.4) is 0 Å². The maximum absolute atomic E-state index is 13.5. The molecule has 1 fully saturated rings. The lowest BCUT2D eigenvalue weighted by Crippen LogP contribution is -2.28. The van der Waals surface area contributed by atoms with Crippen molar-refractivity contribution in [3.05, 3.63) is 24.0 Å². The molecule has 150 valence electrons. The maximum Gasteiger partial charge on any atom is 0.248 e. The van der Waals surface area contributed by atoms with Gasteiger partial charge in [0.1, 0.15) is 5.82 Å². The summed E-state index contributed by atoms with van der Waals surface area (Å²) in [6.07, 6.45) is 2.00. The molecule has 0 spiro atoms. The zero-order valence-corrected chi connectivity index (χ0v) is 17.0. The minimum absolute atomic E-state index is 0.0580. The Morgan fingerprint density at radius 1 is 1.26 bits per heavy atom. The van der Waals surface area contributed by atoms with Gasteiger partial charge in [0.2, 0.25) is 15.9 Å². The van der Waals surface area contributed by atoms with Crippen molar-refractivity contribution in [3.63, 3.8) is 0 Å². The van der Waals surface area contributed by atoms with Crippen LogP contribution in [0, 0.1) is 5.92 Å². The number of fused-ring (bicyclic) bond motifs is 1. The Kier molecular flexibility index (Phi) is 4.99. The zero-order chi connectivity index (χ0) is 20.0. The molecule has 2 aromatic rings. The number of halogens is 2. The third-order valence-electron chi connectivity index (χ3n) is 5.00. The van der Waals surface area contributed by atoms with E-state index in [1.54, 1.807) is 12.1 Å². The predicted molar refractivity (Wildman–Crippen MR) is 104 cm³/mol. The fraction of sp³-hybridized carbons (Fsp3) is 0.632. The number of rotatable bonds is 4. The third kappa shape index (κ3) is 4.78. The topological polar surface area (TPSA) is 64.0 Å². The van der Waals surface area contributed by atoms with E-state index in [1.807, 2.05) is 6.07 Å². The first-order valence-electron chi connectivity index (χ1n) is 9.20. The summed E-state index contributed by atoms with van der Waals surface area (Å²) in [6.45, 7) is 6.85. The van der Waals surface area contributed by atoms with Crippen molar-refractivity contribution in [2.24, 2.45) is 5.92 Å². The molecule has 5 nitrogen and oxygen atoms in total. The molecule has 0 radical (unpaired) electrons. The van der Waals surface area contributed by atoms with Crippen LogP contribution in [0.5, 0.6) is 0 Å². The first-order valence-corrected chi connectivity index (χ1v) is 11.1. The summed E-state index contributed by atoms with van der Waals surface area (Å²) in [5.74, 6) is -1.46. The molecule has 0 unspecified atom stereocenters. The summed E-state index contributed by atoms with van der Waals surface area (Å²) >= 11 is 0. The molecule has 8 heteroatoms. The average molecular weight is 400 g/mol.